The fraction of sp³-hybridized carbons (Fsp3) is 0.182. The van der Waals surface area contributed by atoms with Crippen LogP contribution < -0.4 is 0 Å². The third kappa shape index (κ3) is 2.28. The summed E-state index contributed by atoms with van der Waals surface area (Å²) in [4.78, 5) is 4.03. The second-order valence-electron chi connectivity index (χ2n) is 3.15. The Morgan fingerprint density at radius 1 is 1.44 bits per heavy atom. The predicted molar refractivity (Wildman–Crippen MR) is 64.0 cm³/mol. The number of nitrogens with zero attached hydrogens (tertiary/aromatic N) is 1. The molecule has 2 nitrogen and oxygen atoms in total. The molecule has 0 fully saturated rings. The van der Waals surface area contributed by atoms with Gasteiger partial charge < -0.3 is 4.42 Å². The molecule has 16 heavy (non-hydrogen) atoms. The van der Waals surface area contributed by atoms with Gasteiger partial charge in [-0.1, -0.05) is 6.07 Å². The molecular weight excluding hydrogens is 296 g/mol. The van der Waals surface area contributed by atoms with Crippen LogP contribution in [0.5, 0.6) is 0 Å². The average molecular weight is 305 g/mol. The van der Waals surface area contributed by atoms with Gasteiger partial charge in [0.15, 0.2) is 11.7 Å². The van der Waals surface area contributed by atoms with Gasteiger partial charge in [-0.05, 0) is 28.1 Å². The number of aryl methyl sites for hydroxylation is 1. The van der Waals surface area contributed by atoms with Crippen LogP contribution in [0.15, 0.2) is 33.3 Å². The molecule has 0 bridgehead atoms. The Kier molecular flexibility index (Phi) is 3.61. The van der Waals surface area contributed by atoms with Gasteiger partial charge in [0.25, 0.3) is 0 Å². The highest BCUT2D eigenvalue weighted by Crippen LogP contribution is 2.31. The molecule has 84 valence electrons. The molecule has 1 aromatic heterocycles. The Labute approximate surface area is 106 Å². The molecule has 0 aliphatic rings. The Morgan fingerprint density at radius 3 is 2.94 bits per heavy atom. The first-order valence-corrected chi connectivity index (χ1v) is 6.00. The lowest BCUT2D eigenvalue weighted by Crippen LogP contribution is -1.84. The van der Waals surface area contributed by atoms with E-state index in [1.165, 1.54) is 12.3 Å². The minimum Gasteiger partial charge on any atom is -0.441 e. The van der Waals surface area contributed by atoms with Gasteiger partial charge in [-0.2, -0.15) is 0 Å². The number of aromatic nitrogens is 1. The van der Waals surface area contributed by atoms with E-state index in [-0.39, 0.29) is 5.82 Å². The molecule has 0 amide bonds. The van der Waals surface area contributed by atoms with Crippen LogP contribution in [0.4, 0.5) is 4.39 Å². The molecule has 0 N–H and O–H groups in total. The third-order valence-corrected chi connectivity index (χ3v) is 2.92. The summed E-state index contributed by atoms with van der Waals surface area (Å²) in [6.45, 7) is 0. The van der Waals surface area contributed by atoms with Crippen molar-refractivity contribution in [2.75, 3.05) is 5.88 Å². The Bertz CT molecular complexity index is 480. The van der Waals surface area contributed by atoms with Crippen molar-refractivity contribution in [1.29, 1.82) is 0 Å². The zero-order chi connectivity index (χ0) is 11.5. The highest BCUT2D eigenvalue weighted by atomic mass is 79.9. The van der Waals surface area contributed by atoms with Crippen molar-refractivity contribution in [3.8, 4) is 11.3 Å². The Morgan fingerprint density at radius 2 is 2.25 bits per heavy atom. The molecule has 1 aromatic carbocycles. The van der Waals surface area contributed by atoms with E-state index in [1.54, 1.807) is 12.1 Å². The highest BCUT2D eigenvalue weighted by Gasteiger charge is 2.13. The van der Waals surface area contributed by atoms with Crippen molar-refractivity contribution >= 4 is 27.5 Å². The van der Waals surface area contributed by atoms with E-state index in [4.69, 9.17) is 16.0 Å². The maximum atomic E-state index is 13.6. The Balaban J connectivity index is 2.42. The molecule has 0 aliphatic heterocycles. The van der Waals surface area contributed by atoms with Gasteiger partial charge in [-0.15, -0.1) is 11.6 Å². The molecule has 0 saturated heterocycles. The molecule has 0 unspecified atom stereocenters. The van der Waals surface area contributed by atoms with Gasteiger partial charge in [0, 0.05) is 16.8 Å². The number of alkyl halides is 1. The number of hydrogen-bond acceptors (Lipinski definition) is 2. The number of benzene rings is 1. The minimum absolute atomic E-state index is 0.344. The van der Waals surface area contributed by atoms with Gasteiger partial charge in [0.2, 0.25) is 0 Å². The lowest BCUT2D eigenvalue weighted by molar-refractivity contribution is 0.510. The van der Waals surface area contributed by atoms with Gasteiger partial charge in [0.1, 0.15) is 5.82 Å². The quantitative estimate of drug-likeness (QED) is 0.800. The number of oxazole rings is 1. The molecule has 0 radical (unpaired) electrons. The van der Waals surface area contributed by atoms with Crippen LogP contribution in [-0.4, -0.2) is 10.9 Å². The molecule has 1 heterocycles. The van der Waals surface area contributed by atoms with E-state index in [0.29, 0.717) is 34.0 Å². The maximum absolute atomic E-state index is 13.6. The molecule has 2 aromatic rings. The first-order chi connectivity index (χ1) is 7.72. The molecule has 2 rings (SSSR count). The summed E-state index contributed by atoms with van der Waals surface area (Å²) in [5, 5.41) is 0. The van der Waals surface area contributed by atoms with Crippen molar-refractivity contribution in [3.05, 3.63) is 40.6 Å². The van der Waals surface area contributed by atoms with Crippen LogP contribution in [0.1, 0.15) is 5.89 Å². The molecular formula is C11H8BrClFNO. The second kappa shape index (κ2) is 4.97. The van der Waals surface area contributed by atoms with Crippen LogP contribution in [0.3, 0.4) is 0 Å². The largest absolute Gasteiger partial charge is 0.441 e. The van der Waals surface area contributed by atoms with Gasteiger partial charge in [0.05, 0.1) is 11.8 Å². The lowest BCUT2D eigenvalue weighted by Gasteiger charge is -2.01. The molecule has 0 spiro atoms. The first-order valence-electron chi connectivity index (χ1n) is 4.67. The average Bonchev–Trinajstić information content (AvgIpc) is 2.67. The molecule has 0 saturated carbocycles. The zero-order valence-electron chi connectivity index (χ0n) is 8.21. The fourth-order valence-corrected chi connectivity index (χ4v) is 2.05. The van der Waals surface area contributed by atoms with Crippen LogP contribution in [0.25, 0.3) is 11.3 Å². The van der Waals surface area contributed by atoms with Crippen LogP contribution in [-0.2, 0) is 6.42 Å². The minimum atomic E-state index is -0.344. The van der Waals surface area contributed by atoms with Crippen molar-refractivity contribution in [2.45, 2.75) is 6.42 Å². The van der Waals surface area contributed by atoms with Crippen molar-refractivity contribution in [1.82, 2.24) is 4.98 Å². The summed E-state index contributed by atoms with van der Waals surface area (Å²) in [5.74, 6) is 1.01. The molecule has 5 heteroatoms. The van der Waals surface area contributed by atoms with E-state index >= 15 is 0 Å². The van der Waals surface area contributed by atoms with E-state index in [0.717, 1.165) is 0 Å². The topological polar surface area (TPSA) is 26.0 Å². The second-order valence-corrected chi connectivity index (χ2v) is 4.39. The van der Waals surface area contributed by atoms with E-state index in [1.807, 2.05) is 0 Å². The summed E-state index contributed by atoms with van der Waals surface area (Å²) in [6.07, 6.45) is 2.04. The summed E-state index contributed by atoms with van der Waals surface area (Å²) in [7, 11) is 0. The highest BCUT2D eigenvalue weighted by molar-refractivity contribution is 9.10. The van der Waals surface area contributed by atoms with E-state index < -0.39 is 0 Å². The normalized spacial score (nSPS) is 10.7. The summed E-state index contributed by atoms with van der Waals surface area (Å²) < 4.78 is 19.6. The summed E-state index contributed by atoms with van der Waals surface area (Å²) in [6, 6.07) is 4.75. The fourth-order valence-electron chi connectivity index (χ4n) is 1.36. The van der Waals surface area contributed by atoms with Crippen LogP contribution >= 0.6 is 27.5 Å². The standard InChI is InChI=1S/C11H8BrClFNO/c12-7-2-1-3-8(14)11(7)9-6-15-10(16-9)4-5-13/h1-3,6H,4-5H2. The molecule has 0 atom stereocenters. The number of halogens is 3. The predicted octanol–water partition coefficient (Wildman–Crippen LogP) is 4.02. The third-order valence-electron chi connectivity index (χ3n) is 2.07. The van der Waals surface area contributed by atoms with Crippen LogP contribution in [0.2, 0.25) is 0 Å². The van der Waals surface area contributed by atoms with Crippen LogP contribution in [0, 0.1) is 5.82 Å². The van der Waals surface area contributed by atoms with E-state index in [9.17, 15) is 4.39 Å². The van der Waals surface area contributed by atoms with Crippen molar-refractivity contribution in [3.63, 3.8) is 0 Å². The first kappa shape index (κ1) is 11.6. The Hall–Kier alpha value is -0.870. The van der Waals surface area contributed by atoms with E-state index in [2.05, 4.69) is 20.9 Å². The summed E-state index contributed by atoms with van der Waals surface area (Å²) in [5.41, 5.74) is 0.385. The number of hydrogen-bond donors (Lipinski definition) is 0. The molecule has 0 aliphatic carbocycles. The lowest BCUT2D eigenvalue weighted by atomic mass is 10.2. The monoisotopic (exact) mass is 303 g/mol. The summed E-state index contributed by atoms with van der Waals surface area (Å²) >= 11 is 8.85. The van der Waals surface area contributed by atoms with Gasteiger partial charge >= 0.3 is 0 Å². The van der Waals surface area contributed by atoms with Gasteiger partial charge in [-0.25, -0.2) is 9.37 Å². The smallest absolute Gasteiger partial charge is 0.196 e. The zero-order valence-corrected chi connectivity index (χ0v) is 10.6. The van der Waals surface area contributed by atoms with Crippen molar-refractivity contribution in [2.24, 2.45) is 0 Å². The van der Waals surface area contributed by atoms with Crippen molar-refractivity contribution < 1.29 is 8.81 Å². The number of rotatable bonds is 3. The van der Waals surface area contributed by atoms with Gasteiger partial charge in [-0.3, -0.25) is 0 Å². The SMILES string of the molecule is Fc1cccc(Br)c1-c1cnc(CCCl)o1. The maximum Gasteiger partial charge on any atom is 0.196 e.